The summed E-state index contributed by atoms with van der Waals surface area (Å²) in [5.74, 6) is -1.55. The largest absolute Gasteiger partial charge is 0.454 e. The van der Waals surface area contributed by atoms with Crippen molar-refractivity contribution in [2.24, 2.45) is 50.2 Å². The van der Waals surface area contributed by atoms with Gasteiger partial charge in [0, 0.05) is 27.4 Å². The van der Waals surface area contributed by atoms with Crippen molar-refractivity contribution in [3.63, 3.8) is 0 Å². The van der Waals surface area contributed by atoms with E-state index < -0.39 is 82.1 Å². The molecule has 0 saturated heterocycles. The third-order valence-corrected chi connectivity index (χ3v) is 15.5. The Balaban J connectivity index is 1.69. The lowest BCUT2D eigenvalue weighted by atomic mass is 9.32. The molecule has 4 saturated carbocycles. The van der Waals surface area contributed by atoms with Crippen molar-refractivity contribution in [3.8, 4) is 0 Å². The molecule has 3 unspecified atom stereocenters. The Kier molecular flexibility index (Phi) is 9.80. The van der Waals surface area contributed by atoms with Crippen molar-refractivity contribution in [2.45, 2.75) is 138 Å². The average Bonchev–Trinajstić information content (AvgIpc) is 3.06. The van der Waals surface area contributed by atoms with Crippen molar-refractivity contribution in [2.75, 3.05) is 13.2 Å². The van der Waals surface area contributed by atoms with Crippen molar-refractivity contribution >= 4 is 11.9 Å². The number of aliphatic hydroxyl groups excluding tert-OH is 5. The molecule has 0 aromatic carbocycles. The highest BCUT2D eigenvalue weighted by molar-refractivity contribution is 5.88. The van der Waals surface area contributed by atoms with Crippen LogP contribution in [0, 0.1) is 50.2 Å². The molecule has 9 heteroatoms. The molecule has 9 nitrogen and oxygen atoms in total. The fourth-order valence-corrected chi connectivity index (χ4v) is 12.0. The fraction of sp³-hybridized carbons (Fsp3) is 0.800. The minimum Gasteiger partial charge on any atom is -0.454 e. The quantitative estimate of drug-likeness (QED) is 0.147. The van der Waals surface area contributed by atoms with Gasteiger partial charge in [0.2, 0.25) is 0 Å². The standard InChI is InChI=1S/C40H62O9/c1-11-22(3)33(46)48-31-32(49-34(47)23(4)12-2)40(21-42)25(19-35(31,5)6)24-13-14-27-36(7)17-16-28(43)37(8,20-41)26(36)15-18-38(27,9)39(24,10)29(44)30(40)45/h11-13,25-32,41-45H,14-21H2,1-10H3/b22-11-,23-12-/t25?,26?,27?,28-,29-,30+,31-,32-,36-,37+,38+,39-,40-/m0/s1. The zero-order valence-corrected chi connectivity index (χ0v) is 31.4. The molecule has 4 fully saturated rings. The molecule has 5 aliphatic carbocycles. The van der Waals surface area contributed by atoms with Crippen molar-refractivity contribution in [1.82, 2.24) is 0 Å². The van der Waals surface area contributed by atoms with Gasteiger partial charge >= 0.3 is 11.9 Å². The van der Waals surface area contributed by atoms with Gasteiger partial charge in [-0.25, -0.2) is 9.59 Å². The average molecular weight is 687 g/mol. The summed E-state index contributed by atoms with van der Waals surface area (Å²) in [6, 6.07) is 0. The SMILES string of the molecule is C/C=C(/C)C(=O)O[C@H]1[C@H](OC(=O)/C(C)=C\C)[C@@]2(CO)C(CC1(C)C)C1=CCC3[C@@]4(C)CC[C@H](O)[C@](C)(CO)C4CC[C@@]3(C)[C@]1(C)[C@@H](O)[C@H]2O. The van der Waals surface area contributed by atoms with Crippen LogP contribution >= 0.6 is 0 Å². The fourth-order valence-electron chi connectivity index (χ4n) is 12.0. The second-order valence-electron chi connectivity index (χ2n) is 17.9. The lowest BCUT2D eigenvalue weighted by Crippen LogP contribution is -2.76. The predicted octanol–water partition coefficient (Wildman–Crippen LogP) is 5.03. The van der Waals surface area contributed by atoms with Gasteiger partial charge in [-0.1, -0.05) is 65.3 Å². The molecule has 0 amide bonds. The van der Waals surface area contributed by atoms with Crippen LogP contribution in [0.3, 0.4) is 0 Å². The topological polar surface area (TPSA) is 154 Å². The van der Waals surface area contributed by atoms with E-state index in [1.807, 2.05) is 20.8 Å². The summed E-state index contributed by atoms with van der Waals surface area (Å²) < 4.78 is 12.4. The predicted molar refractivity (Wildman–Crippen MR) is 186 cm³/mol. The maximum absolute atomic E-state index is 13.5. The second kappa shape index (κ2) is 12.6. The number of carbonyl (C=O) groups is 2. The molecule has 0 bridgehead atoms. The number of aliphatic hydroxyl groups is 5. The van der Waals surface area contributed by atoms with Gasteiger partial charge in [-0.15, -0.1) is 0 Å². The van der Waals surface area contributed by atoms with Gasteiger partial charge in [0.1, 0.15) is 6.10 Å². The van der Waals surface area contributed by atoms with Crippen LogP contribution in [0.25, 0.3) is 0 Å². The number of esters is 2. The molecule has 5 aliphatic rings. The molecular formula is C40H62O9. The summed E-state index contributed by atoms with van der Waals surface area (Å²) in [5, 5.41) is 58.4. The normalized spacial score (nSPS) is 47.9. The van der Waals surface area contributed by atoms with Crippen LogP contribution in [0.1, 0.15) is 108 Å². The summed E-state index contributed by atoms with van der Waals surface area (Å²) in [6.45, 7) is 18.6. The van der Waals surface area contributed by atoms with Gasteiger partial charge in [-0.05, 0) is 94.8 Å². The Labute approximate surface area is 292 Å². The summed E-state index contributed by atoms with van der Waals surface area (Å²) in [5.41, 5.74) is -2.90. The maximum Gasteiger partial charge on any atom is 0.333 e. The highest BCUT2D eigenvalue weighted by Gasteiger charge is 2.76. The molecule has 0 aromatic heterocycles. The first-order valence-corrected chi connectivity index (χ1v) is 18.4. The third kappa shape index (κ3) is 5.02. The van der Waals surface area contributed by atoms with Gasteiger partial charge in [-0.3, -0.25) is 0 Å². The number of carbonyl (C=O) groups excluding carboxylic acids is 2. The van der Waals surface area contributed by atoms with Crippen molar-refractivity contribution < 1.29 is 44.6 Å². The zero-order chi connectivity index (χ0) is 36.7. The first-order valence-electron chi connectivity index (χ1n) is 18.4. The molecule has 5 N–H and O–H groups in total. The van der Waals surface area contributed by atoms with Crippen molar-refractivity contribution in [1.29, 1.82) is 0 Å². The molecule has 0 aliphatic heterocycles. The Morgan fingerprint density at radius 2 is 1.39 bits per heavy atom. The number of rotatable bonds is 6. The molecule has 0 spiro atoms. The molecule has 49 heavy (non-hydrogen) atoms. The van der Waals surface area contributed by atoms with Crippen LogP contribution < -0.4 is 0 Å². The van der Waals surface area contributed by atoms with E-state index >= 15 is 0 Å². The summed E-state index contributed by atoms with van der Waals surface area (Å²) in [7, 11) is 0. The molecule has 0 radical (unpaired) electrons. The molecular weight excluding hydrogens is 624 g/mol. The summed E-state index contributed by atoms with van der Waals surface area (Å²) in [6.07, 6.45) is 3.73. The van der Waals surface area contributed by atoms with Crippen LogP contribution in [0.15, 0.2) is 34.9 Å². The second-order valence-corrected chi connectivity index (χ2v) is 17.9. The van der Waals surface area contributed by atoms with Gasteiger partial charge in [0.25, 0.3) is 0 Å². The number of hydrogen-bond acceptors (Lipinski definition) is 9. The Morgan fingerprint density at radius 1 is 0.816 bits per heavy atom. The minimum absolute atomic E-state index is 0.0795. The highest BCUT2D eigenvalue weighted by atomic mass is 16.6. The molecule has 5 rings (SSSR count). The van der Waals surface area contributed by atoms with E-state index in [2.05, 4.69) is 26.8 Å². The number of allylic oxidation sites excluding steroid dienone is 3. The van der Waals surface area contributed by atoms with E-state index in [-0.39, 0.29) is 23.9 Å². The van der Waals surface area contributed by atoms with Crippen LogP contribution in [0.4, 0.5) is 0 Å². The zero-order valence-electron chi connectivity index (χ0n) is 31.4. The van der Waals surface area contributed by atoms with E-state index in [9.17, 15) is 35.1 Å². The molecule has 0 aromatic rings. The molecule has 0 heterocycles. The van der Waals surface area contributed by atoms with Crippen molar-refractivity contribution in [3.05, 3.63) is 34.9 Å². The van der Waals surface area contributed by atoms with E-state index in [0.717, 1.165) is 24.8 Å². The Bertz CT molecular complexity index is 1430. The number of hydrogen-bond donors (Lipinski definition) is 5. The number of ether oxygens (including phenoxy) is 2. The van der Waals surface area contributed by atoms with Gasteiger partial charge in [0.05, 0.1) is 36.9 Å². The van der Waals surface area contributed by atoms with Gasteiger partial charge < -0.3 is 35.0 Å². The van der Waals surface area contributed by atoms with Crippen LogP contribution in [0.2, 0.25) is 0 Å². The van der Waals surface area contributed by atoms with E-state index in [1.54, 1.807) is 39.8 Å². The molecule has 276 valence electrons. The lowest BCUT2D eigenvalue weighted by molar-refractivity contribution is -0.293. The maximum atomic E-state index is 13.5. The van der Waals surface area contributed by atoms with Crippen LogP contribution in [-0.2, 0) is 19.1 Å². The van der Waals surface area contributed by atoms with Gasteiger partial charge in [-0.2, -0.15) is 0 Å². The molecule has 13 atom stereocenters. The Hall–Kier alpha value is -2.04. The van der Waals surface area contributed by atoms with E-state index in [0.29, 0.717) is 30.4 Å². The van der Waals surface area contributed by atoms with E-state index in [1.165, 1.54) is 0 Å². The summed E-state index contributed by atoms with van der Waals surface area (Å²) >= 11 is 0. The first-order chi connectivity index (χ1) is 22.7. The van der Waals surface area contributed by atoms with E-state index in [4.69, 9.17) is 9.47 Å². The number of fused-ring (bicyclic) bond motifs is 7. The van der Waals surface area contributed by atoms with Gasteiger partial charge in [0.15, 0.2) is 6.10 Å². The van der Waals surface area contributed by atoms with Crippen LogP contribution in [-0.4, -0.2) is 81.2 Å². The first kappa shape index (κ1) is 38.2. The third-order valence-electron chi connectivity index (χ3n) is 15.5. The smallest absolute Gasteiger partial charge is 0.333 e. The Morgan fingerprint density at radius 3 is 1.92 bits per heavy atom. The highest BCUT2D eigenvalue weighted by Crippen LogP contribution is 2.76. The van der Waals surface area contributed by atoms with Crippen LogP contribution in [0.5, 0.6) is 0 Å². The monoisotopic (exact) mass is 686 g/mol. The minimum atomic E-state index is -1.56. The lowest BCUT2D eigenvalue weighted by Gasteiger charge is -2.73. The summed E-state index contributed by atoms with van der Waals surface area (Å²) in [4.78, 5) is 26.8.